The van der Waals surface area contributed by atoms with Crippen LogP contribution in [0.1, 0.15) is 6.92 Å². The van der Waals surface area contributed by atoms with Crippen LogP contribution in [-0.2, 0) is 14.8 Å². The fourth-order valence-electron chi connectivity index (χ4n) is 1.95. The lowest BCUT2D eigenvalue weighted by Gasteiger charge is -2.18. The molecule has 1 aromatic heterocycles. The van der Waals surface area contributed by atoms with E-state index in [-0.39, 0.29) is 17.1 Å². The van der Waals surface area contributed by atoms with Crippen LogP contribution in [0.15, 0.2) is 41.6 Å². The summed E-state index contributed by atoms with van der Waals surface area (Å²) in [5, 5.41) is 12.7. The molecule has 0 aliphatic heterocycles. The summed E-state index contributed by atoms with van der Waals surface area (Å²) in [6.07, 6.45) is 2.29. The largest absolute Gasteiger partial charge is 0.481 e. The summed E-state index contributed by atoms with van der Waals surface area (Å²) in [7, 11) is -2.62. The predicted octanol–water partition coefficient (Wildman–Crippen LogP) is 1.35. The van der Waals surface area contributed by atoms with Crippen LogP contribution in [0.25, 0.3) is 5.69 Å². The van der Waals surface area contributed by atoms with Gasteiger partial charge in [0.05, 0.1) is 18.3 Å². The number of aromatic nitrogens is 2. The Morgan fingerprint density at radius 3 is 2.70 bits per heavy atom. The van der Waals surface area contributed by atoms with Crippen molar-refractivity contribution in [2.45, 2.75) is 11.8 Å². The molecule has 2 aromatic rings. The van der Waals surface area contributed by atoms with E-state index in [1.807, 2.05) is 0 Å². The molecule has 0 bridgehead atoms. The van der Waals surface area contributed by atoms with Crippen LogP contribution < -0.4 is 0 Å². The lowest BCUT2D eigenvalue weighted by molar-refractivity contribution is -0.141. The average molecular weight is 341 g/mol. The molecule has 1 N–H and O–H groups in total. The highest BCUT2D eigenvalue weighted by Crippen LogP contribution is 2.18. The molecule has 1 aromatic carbocycles. The lowest BCUT2D eigenvalue weighted by atomic mass is 10.2. The minimum atomic E-state index is -3.90. The number of carboxylic acid groups (broad SMARTS) is 1. The van der Waals surface area contributed by atoms with Crippen molar-refractivity contribution in [1.29, 1.82) is 0 Å². The first kappa shape index (κ1) is 17.1. The topological polar surface area (TPSA) is 92.5 Å². The summed E-state index contributed by atoms with van der Waals surface area (Å²) >= 11 is 0. The Balaban J connectivity index is 2.29. The van der Waals surface area contributed by atoms with E-state index in [9.17, 15) is 17.6 Å². The third-order valence-electron chi connectivity index (χ3n) is 3.32. The Morgan fingerprint density at radius 2 is 2.09 bits per heavy atom. The fourth-order valence-corrected chi connectivity index (χ4v) is 3.14. The molecule has 0 saturated carbocycles. The number of benzene rings is 1. The summed E-state index contributed by atoms with van der Waals surface area (Å²) in [4.78, 5) is 10.7. The van der Waals surface area contributed by atoms with Gasteiger partial charge >= 0.3 is 5.97 Å². The van der Waals surface area contributed by atoms with Crippen LogP contribution in [0.3, 0.4) is 0 Å². The molecule has 0 spiro atoms. The highest BCUT2D eigenvalue weighted by atomic mass is 32.2. The van der Waals surface area contributed by atoms with Crippen molar-refractivity contribution >= 4 is 16.0 Å². The molecule has 1 atom stereocenters. The molecule has 0 saturated heterocycles. The van der Waals surface area contributed by atoms with Gasteiger partial charge in [0.25, 0.3) is 0 Å². The summed E-state index contributed by atoms with van der Waals surface area (Å²) in [5.41, 5.74) is 0.121. The zero-order chi connectivity index (χ0) is 17.2. The standard InChI is InChI=1S/C14H16FN3O4S/c1-10(14(19)20)8-17(2)23(21,22)11-7-16-18(9-11)13-6-4-3-5-12(13)15/h3-7,9-10H,8H2,1-2H3,(H,19,20). The van der Waals surface area contributed by atoms with Gasteiger partial charge in [-0.3, -0.25) is 4.79 Å². The highest BCUT2D eigenvalue weighted by Gasteiger charge is 2.26. The van der Waals surface area contributed by atoms with Gasteiger partial charge in [0.1, 0.15) is 16.4 Å². The maximum atomic E-state index is 13.7. The second-order valence-corrected chi connectivity index (χ2v) is 7.14. The monoisotopic (exact) mass is 341 g/mol. The molecule has 23 heavy (non-hydrogen) atoms. The number of hydrogen-bond donors (Lipinski definition) is 1. The van der Waals surface area contributed by atoms with Gasteiger partial charge in [-0.25, -0.2) is 17.5 Å². The first-order chi connectivity index (χ1) is 10.7. The van der Waals surface area contributed by atoms with Crippen molar-refractivity contribution in [3.05, 3.63) is 42.5 Å². The van der Waals surface area contributed by atoms with Gasteiger partial charge in [-0.15, -0.1) is 0 Å². The van der Waals surface area contributed by atoms with E-state index in [4.69, 9.17) is 5.11 Å². The average Bonchev–Trinajstić information content (AvgIpc) is 2.97. The summed E-state index contributed by atoms with van der Waals surface area (Å²) in [5.74, 6) is -2.47. The number of nitrogens with zero attached hydrogens (tertiary/aromatic N) is 3. The first-order valence-corrected chi connectivity index (χ1v) is 8.16. The maximum absolute atomic E-state index is 13.7. The zero-order valence-electron chi connectivity index (χ0n) is 12.5. The second kappa shape index (κ2) is 6.47. The van der Waals surface area contributed by atoms with Gasteiger partial charge in [0.15, 0.2) is 0 Å². The Morgan fingerprint density at radius 1 is 1.43 bits per heavy atom. The van der Waals surface area contributed by atoms with Crippen molar-refractivity contribution in [2.75, 3.05) is 13.6 Å². The van der Waals surface area contributed by atoms with Gasteiger partial charge < -0.3 is 5.11 Å². The summed E-state index contributed by atoms with van der Waals surface area (Å²) in [6.45, 7) is 1.24. The lowest BCUT2D eigenvalue weighted by Crippen LogP contribution is -2.33. The molecule has 0 aliphatic carbocycles. The third-order valence-corrected chi connectivity index (χ3v) is 5.10. The maximum Gasteiger partial charge on any atom is 0.307 e. The van der Waals surface area contributed by atoms with Gasteiger partial charge in [-0.05, 0) is 12.1 Å². The Kier molecular flexibility index (Phi) is 4.81. The third kappa shape index (κ3) is 3.57. The van der Waals surface area contributed by atoms with Crippen LogP contribution in [0.2, 0.25) is 0 Å². The number of sulfonamides is 1. The summed E-state index contributed by atoms with van der Waals surface area (Å²) < 4.78 is 40.6. The zero-order valence-corrected chi connectivity index (χ0v) is 13.4. The van der Waals surface area contributed by atoms with Crippen LogP contribution >= 0.6 is 0 Å². The number of carbonyl (C=O) groups is 1. The number of hydrogen-bond acceptors (Lipinski definition) is 4. The quantitative estimate of drug-likeness (QED) is 0.856. The SMILES string of the molecule is CC(CN(C)S(=O)(=O)c1cnn(-c2ccccc2F)c1)C(=O)O. The van der Waals surface area contributed by atoms with Gasteiger partial charge in [-0.2, -0.15) is 9.40 Å². The van der Waals surface area contributed by atoms with Crippen molar-refractivity contribution < 1.29 is 22.7 Å². The van der Waals surface area contributed by atoms with E-state index in [0.717, 1.165) is 15.2 Å². The fraction of sp³-hybridized carbons (Fsp3) is 0.286. The molecule has 7 nitrogen and oxygen atoms in total. The molecule has 1 unspecified atom stereocenters. The molecule has 0 amide bonds. The highest BCUT2D eigenvalue weighted by molar-refractivity contribution is 7.89. The van der Waals surface area contributed by atoms with Crippen LogP contribution in [0.4, 0.5) is 4.39 Å². The minimum absolute atomic E-state index is 0.121. The van der Waals surface area contributed by atoms with E-state index in [2.05, 4.69) is 5.10 Å². The molecular formula is C14H16FN3O4S. The van der Waals surface area contributed by atoms with Crippen molar-refractivity contribution in [1.82, 2.24) is 14.1 Å². The van der Waals surface area contributed by atoms with E-state index in [0.29, 0.717) is 0 Å². The van der Waals surface area contributed by atoms with E-state index in [1.54, 1.807) is 6.07 Å². The molecular weight excluding hydrogens is 325 g/mol. The Bertz CT molecular complexity index is 819. The van der Waals surface area contributed by atoms with E-state index < -0.39 is 27.7 Å². The molecule has 2 rings (SSSR count). The van der Waals surface area contributed by atoms with Gasteiger partial charge in [-0.1, -0.05) is 19.1 Å². The normalized spacial score (nSPS) is 13.2. The van der Waals surface area contributed by atoms with Gasteiger partial charge in [0, 0.05) is 13.6 Å². The van der Waals surface area contributed by atoms with Crippen molar-refractivity contribution in [3.8, 4) is 5.69 Å². The molecule has 9 heteroatoms. The number of aliphatic carboxylic acids is 1. The van der Waals surface area contributed by atoms with Crippen LogP contribution in [0.5, 0.6) is 0 Å². The number of para-hydroxylation sites is 1. The van der Waals surface area contributed by atoms with Crippen LogP contribution in [-0.4, -0.2) is 47.2 Å². The van der Waals surface area contributed by atoms with Gasteiger partial charge in [0.2, 0.25) is 10.0 Å². The van der Waals surface area contributed by atoms with Crippen molar-refractivity contribution in [3.63, 3.8) is 0 Å². The molecule has 124 valence electrons. The number of halogens is 1. The first-order valence-electron chi connectivity index (χ1n) is 6.72. The number of rotatable bonds is 6. The van der Waals surface area contributed by atoms with Crippen molar-refractivity contribution in [2.24, 2.45) is 5.92 Å². The smallest absolute Gasteiger partial charge is 0.307 e. The minimum Gasteiger partial charge on any atom is -0.481 e. The Hall–Kier alpha value is -2.26. The van der Waals surface area contributed by atoms with Crippen LogP contribution in [0, 0.1) is 11.7 Å². The van der Waals surface area contributed by atoms with E-state index in [1.165, 1.54) is 38.4 Å². The molecule has 0 aliphatic rings. The predicted molar refractivity (Wildman–Crippen MR) is 80.1 cm³/mol. The Labute approximate surface area is 133 Å². The van der Waals surface area contributed by atoms with E-state index >= 15 is 0 Å². The summed E-state index contributed by atoms with van der Waals surface area (Å²) in [6, 6.07) is 5.83. The number of carboxylic acids is 1. The molecule has 1 heterocycles. The second-order valence-electron chi connectivity index (χ2n) is 5.10. The molecule has 0 fully saturated rings. The molecule has 0 radical (unpaired) electrons.